The molecule has 0 atom stereocenters. The van der Waals surface area contributed by atoms with Gasteiger partial charge in [-0.05, 0) is 30.4 Å². The molecule has 0 aliphatic rings. The molecule has 0 saturated carbocycles. The molecular weight excluding hydrogens is 318 g/mol. The van der Waals surface area contributed by atoms with Crippen LogP contribution in [0.25, 0.3) is 11.0 Å². The van der Waals surface area contributed by atoms with Crippen molar-refractivity contribution in [1.29, 1.82) is 0 Å². The van der Waals surface area contributed by atoms with Crippen LogP contribution in [0.2, 0.25) is 0 Å². The molecule has 3 nitrogen and oxygen atoms in total. The third kappa shape index (κ3) is 2.08. The Hall–Kier alpha value is -0.980. The van der Waals surface area contributed by atoms with Crippen molar-refractivity contribution in [2.24, 2.45) is 0 Å². The first-order valence-electron chi connectivity index (χ1n) is 4.99. The molecule has 0 aliphatic heterocycles. The number of imidazole rings is 1. The topological polar surface area (TPSA) is 33.6 Å². The minimum atomic E-state index is 0.712. The lowest BCUT2D eigenvalue weighted by Crippen LogP contribution is -1.99. The summed E-state index contributed by atoms with van der Waals surface area (Å²) >= 11 is 10.4. The van der Waals surface area contributed by atoms with Crippen LogP contribution in [0.3, 0.4) is 0 Å². The van der Waals surface area contributed by atoms with Gasteiger partial charge in [0, 0.05) is 9.85 Å². The van der Waals surface area contributed by atoms with Crippen molar-refractivity contribution >= 4 is 50.5 Å². The fourth-order valence-electron chi connectivity index (χ4n) is 1.77. The minimum Gasteiger partial charge on any atom is -0.331 e. The number of aromatic nitrogens is 3. The molecule has 0 aliphatic carbocycles. The summed E-state index contributed by atoms with van der Waals surface area (Å²) in [7, 11) is 0. The van der Waals surface area contributed by atoms with E-state index in [2.05, 4.69) is 36.5 Å². The Balaban J connectivity index is 2.16. The van der Waals surface area contributed by atoms with Gasteiger partial charge in [0.1, 0.15) is 0 Å². The monoisotopic (exact) mass is 325 g/mol. The third-order valence-corrected chi connectivity index (χ3v) is 3.99. The van der Waals surface area contributed by atoms with E-state index < -0.39 is 0 Å². The van der Waals surface area contributed by atoms with Crippen molar-refractivity contribution in [2.75, 3.05) is 0 Å². The van der Waals surface area contributed by atoms with Crippen molar-refractivity contribution in [3.63, 3.8) is 0 Å². The zero-order valence-corrected chi connectivity index (χ0v) is 11.9. The molecule has 17 heavy (non-hydrogen) atoms. The second-order valence-electron chi connectivity index (χ2n) is 3.66. The quantitative estimate of drug-likeness (QED) is 0.723. The van der Waals surface area contributed by atoms with E-state index >= 15 is 0 Å². The second kappa shape index (κ2) is 4.36. The van der Waals surface area contributed by atoms with Gasteiger partial charge in [-0.25, -0.2) is 4.98 Å². The molecule has 0 amide bonds. The van der Waals surface area contributed by atoms with Crippen LogP contribution in [-0.4, -0.2) is 14.5 Å². The molecule has 1 aromatic carbocycles. The highest BCUT2D eigenvalue weighted by Gasteiger charge is 2.06. The van der Waals surface area contributed by atoms with Crippen LogP contribution in [0.15, 0.2) is 33.6 Å². The minimum absolute atomic E-state index is 0.712. The number of hydrogen-bond acceptors (Lipinski definition) is 3. The number of fused-ring (bicyclic) bond motifs is 1. The van der Waals surface area contributed by atoms with Crippen molar-refractivity contribution < 1.29 is 0 Å². The number of H-pyrrole nitrogens is 1. The Morgan fingerprint density at radius 1 is 1.47 bits per heavy atom. The van der Waals surface area contributed by atoms with E-state index in [0.29, 0.717) is 6.54 Å². The van der Waals surface area contributed by atoms with E-state index in [1.54, 1.807) is 11.3 Å². The fraction of sp³-hybridized carbons (Fsp3) is 0.0909. The van der Waals surface area contributed by atoms with Gasteiger partial charge in [-0.3, -0.25) is 0 Å². The summed E-state index contributed by atoms with van der Waals surface area (Å²) in [5.74, 6) is 0. The summed E-state index contributed by atoms with van der Waals surface area (Å²) in [6.07, 6.45) is 0. The number of halogens is 1. The Morgan fingerprint density at radius 2 is 2.35 bits per heavy atom. The van der Waals surface area contributed by atoms with E-state index in [4.69, 9.17) is 12.2 Å². The second-order valence-corrected chi connectivity index (χ2v) is 5.68. The number of nitrogens with zero attached hydrogens (tertiary/aromatic N) is 2. The first-order chi connectivity index (χ1) is 8.24. The van der Waals surface area contributed by atoms with Crippen LogP contribution < -0.4 is 0 Å². The number of rotatable bonds is 2. The first-order valence-corrected chi connectivity index (χ1v) is 7.13. The van der Waals surface area contributed by atoms with Crippen LogP contribution in [0.1, 0.15) is 5.69 Å². The molecule has 1 N–H and O–H groups in total. The summed E-state index contributed by atoms with van der Waals surface area (Å²) in [6, 6.07) is 6.10. The first kappa shape index (κ1) is 11.1. The maximum absolute atomic E-state index is 5.34. The van der Waals surface area contributed by atoms with Crippen molar-refractivity contribution in [3.8, 4) is 0 Å². The maximum Gasteiger partial charge on any atom is 0.178 e. The molecule has 3 aromatic rings. The predicted molar refractivity (Wildman–Crippen MR) is 76.0 cm³/mol. The maximum atomic E-state index is 5.34. The molecule has 0 spiro atoms. The third-order valence-electron chi connectivity index (χ3n) is 2.54. The lowest BCUT2D eigenvalue weighted by Gasteiger charge is -2.01. The average Bonchev–Trinajstić information content (AvgIpc) is 2.88. The highest BCUT2D eigenvalue weighted by molar-refractivity contribution is 9.10. The fourth-order valence-corrected chi connectivity index (χ4v) is 2.95. The Kier molecular flexibility index (Phi) is 2.85. The van der Waals surface area contributed by atoms with Crippen molar-refractivity contribution in [1.82, 2.24) is 14.5 Å². The summed E-state index contributed by atoms with van der Waals surface area (Å²) in [4.78, 5) is 7.49. The average molecular weight is 326 g/mol. The molecule has 6 heteroatoms. The molecule has 3 rings (SSSR count). The molecule has 2 aromatic heterocycles. The van der Waals surface area contributed by atoms with E-state index in [0.717, 1.165) is 26.0 Å². The number of benzene rings is 1. The van der Waals surface area contributed by atoms with Crippen LogP contribution in [0.5, 0.6) is 0 Å². The van der Waals surface area contributed by atoms with Gasteiger partial charge in [0.2, 0.25) is 0 Å². The number of aromatic amines is 1. The van der Waals surface area contributed by atoms with Gasteiger partial charge < -0.3 is 9.55 Å². The summed E-state index contributed by atoms with van der Waals surface area (Å²) in [5.41, 5.74) is 5.02. The smallest absolute Gasteiger partial charge is 0.178 e. The number of hydrogen-bond donors (Lipinski definition) is 1. The van der Waals surface area contributed by atoms with Gasteiger partial charge in [0.05, 0.1) is 28.8 Å². The molecule has 86 valence electrons. The predicted octanol–water partition coefficient (Wildman–Crippen LogP) is 3.97. The molecule has 0 bridgehead atoms. The van der Waals surface area contributed by atoms with Crippen molar-refractivity contribution in [3.05, 3.63) is 44.0 Å². The molecule has 0 unspecified atom stereocenters. The van der Waals surface area contributed by atoms with E-state index in [1.165, 1.54) is 0 Å². The lowest BCUT2D eigenvalue weighted by molar-refractivity contribution is 0.791. The van der Waals surface area contributed by atoms with E-state index in [-0.39, 0.29) is 0 Å². The SMILES string of the molecule is S=c1[nH]c2cc(Br)ccc2n1Cc1cscn1. The normalized spacial score (nSPS) is 11.1. The molecule has 0 saturated heterocycles. The number of nitrogens with one attached hydrogen (secondary N) is 1. The molecule has 2 heterocycles. The van der Waals surface area contributed by atoms with Gasteiger partial charge >= 0.3 is 0 Å². The van der Waals surface area contributed by atoms with Crippen LogP contribution >= 0.6 is 39.5 Å². The van der Waals surface area contributed by atoms with Crippen LogP contribution in [0.4, 0.5) is 0 Å². The summed E-state index contributed by atoms with van der Waals surface area (Å²) < 4.78 is 3.83. The Labute approximate surface area is 115 Å². The van der Waals surface area contributed by atoms with Gasteiger partial charge in [0.15, 0.2) is 4.77 Å². The van der Waals surface area contributed by atoms with E-state index in [9.17, 15) is 0 Å². The zero-order valence-electron chi connectivity index (χ0n) is 8.68. The van der Waals surface area contributed by atoms with Gasteiger partial charge in [-0.2, -0.15) is 0 Å². The molecule has 0 radical (unpaired) electrons. The van der Waals surface area contributed by atoms with Gasteiger partial charge in [-0.15, -0.1) is 11.3 Å². The number of thiazole rings is 1. The Bertz CT molecular complexity index is 712. The zero-order chi connectivity index (χ0) is 11.8. The van der Waals surface area contributed by atoms with Crippen molar-refractivity contribution in [2.45, 2.75) is 6.54 Å². The van der Waals surface area contributed by atoms with Gasteiger partial charge in [-0.1, -0.05) is 15.9 Å². The standard InChI is InChI=1S/C11H8BrN3S2/c12-7-1-2-10-9(3-7)14-11(16)15(10)4-8-5-17-6-13-8/h1-3,5-6H,4H2,(H,14,16). The molecular formula is C11H8BrN3S2. The molecule has 0 fully saturated rings. The summed E-state index contributed by atoms with van der Waals surface area (Å²) in [6.45, 7) is 0.712. The largest absolute Gasteiger partial charge is 0.331 e. The van der Waals surface area contributed by atoms with Crippen LogP contribution in [0, 0.1) is 4.77 Å². The van der Waals surface area contributed by atoms with Crippen LogP contribution in [-0.2, 0) is 6.54 Å². The highest BCUT2D eigenvalue weighted by atomic mass is 79.9. The highest BCUT2D eigenvalue weighted by Crippen LogP contribution is 2.20. The Morgan fingerprint density at radius 3 is 3.12 bits per heavy atom. The summed E-state index contributed by atoms with van der Waals surface area (Å²) in [5, 5.41) is 2.04. The van der Waals surface area contributed by atoms with Gasteiger partial charge in [0.25, 0.3) is 0 Å². The van der Waals surface area contributed by atoms with E-state index in [1.807, 2.05) is 23.0 Å². The lowest BCUT2D eigenvalue weighted by atomic mass is 10.3.